The first-order valence-corrected chi connectivity index (χ1v) is 9.47. The summed E-state index contributed by atoms with van der Waals surface area (Å²) in [6, 6.07) is 1.19. The molecule has 0 aliphatic carbocycles. The van der Waals surface area contributed by atoms with Gasteiger partial charge in [-0.3, -0.25) is 0 Å². The molecule has 1 aromatic carbocycles. The Bertz CT molecular complexity index is 1220. The number of amides is 1. The van der Waals surface area contributed by atoms with Crippen molar-refractivity contribution in [2.75, 3.05) is 6.54 Å². The smallest absolute Gasteiger partial charge is 0.435 e. The maximum Gasteiger partial charge on any atom is 0.435 e. The highest BCUT2D eigenvalue weighted by molar-refractivity contribution is 5.85. The number of fused-ring (bicyclic) bond motifs is 2. The molecule has 4 rings (SSSR count). The quantitative estimate of drug-likeness (QED) is 0.627. The standard InChI is InChI=1S/C20H19F2N5O4/c1-20(2,3)31-19(30)27-14-8-23-17(25-13(14)7-24-27)15-12(21)6-10-4-5-26(18(28)29)9-11(10)16(15)22/h6-8H,4-5,9H2,1-3H3,(H,28,29). The van der Waals surface area contributed by atoms with Crippen molar-refractivity contribution in [1.29, 1.82) is 0 Å². The zero-order valence-electron chi connectivity index (χ0n) is 17.0. The highest BCUT2D eigenvalue weighted by atomic mass is 19.1. The largest absolute Gasteiger partial charge is 0.465 e. The summed E-state index contributed by atoms with van der Waals surface area (Å²) in [7, 11) is 0. The van der Waals surface area contributed by atoms with Gasteiger partial charge >= 0.3 is 12.2 Å². The third kappa shape index (κ3) is 3.78. The molecule has 0 radical (unpaired) electrons. The average Bonchev–Trinajstić information content (AvgIpc) is 3.10. The zero-order valence-corrected chi connectivity index (χ0v) is 17.0. The molecule has 1 N–H and O–H groups in total. The molecule has 0 saturated heterocycles. The van der Waals surface area contributed by atoms with Crippen molar-refractivity contribution in [2.24, 2.45) is 0 Å². The van der Waals surface area contributed by atoms with Crippen LogP contribution in [0, 0.1) is 11.6 Å². The molecule has 3 heterocycles. The van der Waals surface area contributed by atoms with Gasteiger partial charge in [-0.15, -0.1) is 0 Å². The molecule has 1 amide bonds. The molecule has 3 aromatic rings. The average molecular weight is 431 g/mol. The minimum absolute atomic E-state index is 0.0956. The van der Waals surface area contributed by atoms with E-state index in [2.05, 4.69) is 15.1 Å². The molecule has 0 saturated carbocycles. The van der Waals surface area contributed by atoms with E-state index >= 15 is 4.39 Å². The Balaban J connectivity index is 1.75. The van der Waals surface area contributed by atoms with Gasteiger partial charge in [0.1, 0.15) is 28.3 Å². The van der Waals surface area contributed by atoms with E-state index in [9.17, 15) is 19.1 Å². The minimum Gasteiger partial charge on any atom is -0.465 e. The molecule has 162 valence electrons. The Kier molecular flexibility index (Phi) is 4.83. The monoisotopic (exact) mass is 431 g/mol. The van der Waals surface area contributed by atoms with Crippen LogP contribution in [0.4, 0.5) is 18.4 Å². The lowest BCUT2D eigenvalue weighted by atomic mass is 9.96. The lowest BCUT2D eigenvalue weighted by molar-refractivity contribution is 0.0522. The van der Waals surface area contributed by atoms with Gasteiger partial charge in [0, 0.05) is 12.1 Å². The van der Waals surface area contributed by atoms with Crippen LogP contribution in [0.2, 0.25) is 0 Å². The number of hydrogen-bond acceptors (Lipinski definition) is 6. The van der Waals surface area contributed by atoms with Crippen molar-refractivity contribution in [2.45, 2.75) is 39.3 Å². The first-order valence-electron chi connectivity index (χ1n) is 9.47. The fourth-order valence-electron chi connectivity index (χ4n) is 3.39. The number of rotatable bonds is 1. The number of benzene rings is 1. The molecule has 0 fully saturated rings. The SMILES string of the molecule is CC(C)(C)OC(=O)n1ncc2nc(-c3c(F)cc4c(c3F)CN(C(=O)O)CC4)ncc21. The molecule has 11 heteroatoms. The topological polar surface area (TPSA) is 110 Å². The van der Waals surface area contributed by atoms with Crippen molar-refractivity contribution in [3.05, 3.63) is 41.2 Å². The molecule has 31 heavy (non-hydrogen) atoms. The zero-order chi connectivity index (χ0) is 22.5. The molecule has 0 spiro atoms. The van der Waals surface area contributed by atoms with Crippen molar-refractivity contribution in [3.8, 4) is 11.4 Å². The molecular weight excluding hydrogens is 412 g/mol. The summed E-state index contributed by atoms with van der Waals surface area (Å²) in [6.07, 6.45) is 0.793. The Hall–Kier alpha value is -3.63. The summed E-state index contributed by atoms with van der Waals surface area (Å²) < 4.78 is 36.2. The van der Waals surface area contributed by atoms with Crippen LogP contribution >= 0.6 is 0 Å². The summed E-state index contributed by atoms with van der Waals surface area (Å²) in [5.41, 5.74) is -0.283. The molecule has 0 bridgehead atoms. The van der Waals surface area contributed by atoms with Crippen LogP contribution in [0.1, 0.15) is 31.9 Å². The van der Waals surface area contributed by atoms with Gasteiger partial charge in [-0.25, -0.2) is 28.3 Å². The number of nitrogens with zero attached hydrogens (tertiary/aromatic N) is 5. The second kappa shape index (κ2) is 7.25. The second-order valence-corrected chi connectivity index (χ2v) is 8.14. The fraction of sp³-hybridized carbons (Fsp3) is 0.350. The van der Waals surface area contributed by atoms with E-state index in [0.29, 0.717) is 5.56 Å². The van der Waals surface area contributed by atoms with Crippen molar-refractivity contribution in [3.63, 3.8) is 0 Å². The fourth-order valence-corrected chi connectivity index (χ4v) is 3.39. The molecule has 1 aliphatic rings. The van der Waals surface area contributed by atoms with Crippen molar-refractivity contribution >= 4 is 23.2 Å². The highest BCUT2D eigenvalue weighted by Gasteiger charge is 2.28. The molecule has 2 aromatic heterocycles. The number of hydrogen-bond donors (Lipinski definition) is 1. The number of carbonyl (C=O) groups is 2. The number of carbonyl (C=O) groups excluding carboxylic acids is 1. The summed E-state index contributed by atoms with van der Waals surface area (Å²) in [5, 5.41) is 13.1. The van der Waals surface area contributed by atoms with Gasteiger partial charge < -0.3 is 14.7 Å². The van der Waals surface area contributed by atoms with Crippen LogP contribution < -0.4 is 0 Å². The van der Waals surface area contributed by atoms with Crippen LogP contribution in [0.25, 0.3) is 22.4 Å². The van der Waals surface area contributed by atoms with E-state index in [-0.39, 0.29) is 41.9 Å². The third-order valence-corrected chi connectivity index (χ3v) is 4.79. The Morgan fingerprint density at radius 2 is 1.97 bits per heavy atom. The molecule has 9 nitrogen and oxygen atoms in total. The predicted molar refractivity (Wildman–Crippen MR) is 104 cm³/mol. The molecular formula is C20H19F2N5O4. The Morgan fingerprint density at radius 3 is 2.65 bits per heavy atom. The molecule has 0 unspecified atom stereocenters. The van der Waals surface area contributed by atoms with E-state index in [1.165, 1.54) is 18.5 Å². The van der Waals surface area contributed by atoms with Gasteiger partial charge in [0.15, 0.2) is 5.82 Å². The molecule has 0 atom stereocenters. The van der Waals surface area contributed by atoms with Gasteiger partial charge in [-0.1, -0.05) is 0 Å². The van der Waals surface area contributed by atoms with Crippen LogP contribution in [0.15, 0.2) is 18.5 Å². The van der Waals surface area contributed by atoms with Gasteiger partial charge in [0.05, 0.1) is 24.5 Å². The number of carboxylic acid groups (broad SMARTS) is 1. The van der Waals surface area contributed by atoms with Gasteiger partial charge in [-0.05, 0) is 38.8 Å². The van der Waals surface area contributed by atoms with Gasteiger partial charge in [0.2, 0.25) is 0 Å². The van der Waals surface area contributed by atoms with Crippen LogP contribution in [0.5, 0.6) is 0 Å². The lowest BCUT2D eigenvalue weighted by Crippen LogP contribution is -2.35. The van der Waals surface area contributed by atoms with Gasteiger partial charge in [0.25, 0.3) is 0 Å². The van der Waals surface area contributed by atoms with E-state index in [1.807, 2.05) is 0 Å². The summed E-state index contributed by atoms with van der Waals surface area (Å²) in [5.74, 6) is -1.99. The third-order valence-electron chi connectivity index (χ3n) is 4.79. The minimum atomic E-state index is -1.18. The van der Waals surface area contributed by atoms with E-state index in [1.54, 1.807) is 20.8 Å². The second-order valence-electron chi connectivity index (χ2n) is 8.14. The summed E-state index contributed by atoms with van der Waals surface area (Å²) >= 11 is 0. The normalized spacial score (nSPS) is 13.9. The highest BCUT2D eigenvalue weighted by Crippen LogP contribution is 2.32. The number of ether oxygens (including phenoxy) is 1. The van der Waals surface area contributed by atoms with E-state index < -0.39 is 35.0 Å². The van der Waals surface area contributed by atoms with Crippen molar-refractivity contribution in [1.82, 2.24) is 24.6 Å². The molecule has 1 aliphatic heterocycles. The van der Waals surface area contributed by atoms with Crippen LogP contribution in [0.3, 0.4) is 0 Å². The van der Waals surface area contributed by atoms with Crippen LogP contribution in [-0.4, -0.2) is 54.1 Å². The first-order chi connectivity index (χ1) is 14.5. The van der Waals surface area contributed by atoms with E-state index in [4.69, 9.17) is 4.74 Å². The summed E-state index contributed by atoms with van der Waals surface area (Å²) in [4.78, 5) is 32.8. The predicted octanol–water partition coefficient (Wildman–Crippen LogP) is 3.59. The first kappa shape index (κ1) is 20.6. The van der Waals surface area contributed by atoms with E-state index in [0.717, 1.165) is 9.58 Å². The lowest BCUT2D eigenvalue weighted by Gasteiger charge is -2.27. The Morgan fingerprint density at radius 1 is 1.23 bits per heavy atom. The summed E-state index contributed by atoms with van der Waals surface area (Å²) in [6.45, 7) is 5.09. The van der Waals surface area contributed by atoms with Gasteiger partial charge in [-0.2, -0.15) is 9.78 Å². The number of halogens is 2. The maximum absolute atomic E-state index is 15.2. The number of aromatic nitrogens is 4. The Labute approximate surface area is 175 Å². The van der Waals surface area contributed by atoms with Crippen molar-refractivity contribution < 1.29 is 28.2 Å². The van der Waals surface area contributed by atoms with Crippen LogP contribution in [-0.2, 0) is 17.7 Å². The maximum atomic E-state index is 15.2.